The van der Waals surface area contributed by atoms with Crippen molar-refractivity contribution in [2.75, 3.05) is 32.2 Å². The number of ether oxygens (including phenoxy) is 1. The molecule has 7 nitrogen and oxygen atoms in total. The van der Waals surface area contributed by atoms with Crippen molar-refractivity contribution in [1.82, 2.24) is 4.90 Å². The second-order valence-electron chi connectivity index (χ2n) is 10.7. The van der Waals surface area contributed by atoms with Gasteiger partial charge in [0.1, 0.15) is 4.88 Å². The lowest BCUT2D eigenvalue weighted by Crippen LogP contribution is -2.46. The number of hydrogen-bond donors (Lipinski definition) is 1. The molecule has 1 aromatic rings. The molecule has 0 spiro atoms. The second kappa shape index (κ2) is 12.5. The van der Waals surface area contributed by atoms with Crippen LogP contribution in [0, 0.1) is 29.1 Å². The fourth-order valence-corrected chi connectivity index (χ4v) is 5.00. The summed E-state index contributed by atoms with van der Waals surface area (Å²) in [6, 6.07) is 1.20. The minimum Gasteiger partial charge on any atom is -0.477 e. The topological polar surface area (TPSA) is 87.2 Å². The maximum absolute atomic E-state index is 13.8. The van der Waals surface area contributed by atoms with E-state index in [1.165, 1.54) is 0 Å². The lowest BCUT2D eigenvalue weighted by Gasteiger charge is -2.35. The highest BCUT2D eigenvalue weighted by molar-refractivity contribution is 7.15. The lowest BCUT2D eigenvalue weighted by molar-refractivity contribution is -0.131. The summed E-state index contributed by atoms with van der Waals surface area (Å²) >= 11 is 1.08. The Balaban J connectivity index is 2.45. The highest BCUT2D eigenvalue weighted by atomic mass is 32.1. The molecule has 1 fully saturated rings. The van der Waals surface area contributed by atoms with E-state index in [1.807, 2.05) is 27.7 Å². The van der Waals surface area contributed by atoms with Crippen LogP contribution in [0.3, 0.4) is 0 Å². The van der Waals surface area contributed by atoms with Crippen LogP contribution in [0.1, 0.15) is 81.3 Å². The first-order chi connectivity index (χ1) is 16.3. The second-order valence-corrected chi connectivity index (χ2v) is 11.7. The van der Waals surface area contributed by atoms with Crippen LogP contribution in [0.15, 0.2) is 6.07 Å². The van der Waals surface area contributed by atoms with Gasteiger partial charge in [-0.25, -0.2) is 4.79 Å². The van der Waals surface area contributed by atoms with E-state index >= 15 is 0 Å². The van der Waals surface area contributed by atoms with Crippen molar-refractivity contribution in [2.24, 2.45) is 17.3 Å². The standard InChI is InChI=1S/C27H40N2O5S/c1-18-8-10-20(11-9-18)25(31)29(19(2)16-23(30)28(6)14-15-34-7)22-17-21(12-13-27(3,4)5)35-24(22)26(32)33/h17-20H,8-11,14-16H2,1-7H3,(H,32,33)/t18-,19-,20-/m0/s1. The van der Waals surface area contributed by atoms with E-state index < -0.39 is 12.0 Å². The SMILES string of the molecule is COCCN(C)C(=O)C[C@H](C)N(c1cc(C#CC(C)(C)C)sc1C(=O)O)C(=O)[C@H]1CC[C@H](C)CC1. The van der Waals surface area contributed by atoms with E-state index in [4.69, 9.17) is 4.74 Å². The van der Waals surface area contributed by atoms with Gasteiger partial charge in [0.05, 0.1) is 17.2 Å². The van der Waals surface area contributed by atoms with E-state index in [9.17, 15) is 19.5 Å². The predicted molar refractivity (Wildman–Crippen MR) is 140 cm³/mol. The Hall–Kier alpha value is -2.37. The molecule has 1 aliphatic carbocycles. The minimum atomic E-state index is -1.10. The molecule has 1 aromatic heterocycles. The number of rotatable bonds is 9. The van der Waals surface area contributed by atoms with Crippen molar-refractivity contribution in [3.8, 4) is 11.8 Å². The van der Waals surface area contributed by atoms with E-state index in [0.717, 1.165) is 37.0 Å². The van der Waals surface area contributed by atoms with Crippen molar-refractivity contribution in [3.63, 3.8) is 0 Å². The third kappa shape index (κ3) is 8.36. The van der Waals surface area contributed by atoms with Gasteiger partial charge in [-0.05, 0) is 65.4 Å². The Bertz CT molecular complexity index is 960. The van der Waals surface area contributed by atoms with Crippen molar-refractivity contribution >= 4 is 34.8 Å². The quantitative estimate of drug-likeness (QED) is 0.484. The number of aromatic carboxylic acids is 1. The van der Waals surface area contributed by atoms with Crippen LogP contribution in [0.2, 0.25) is 0 Å². The van der Waals surface area contributed by atoms with Gasteiger partial charge in [0.15, 0.2) is 0 Å². The summed E-state index contributed by atoms with van der Waals surface area (Å²) in [7, 11) is 3.28. The molecule has 2 amide bonds. The summed E-state index contributed by atoms with van der Waals surface area (Å²) in [4.78, 5) is 42.7. The number of anilines is 1. The predicted octanol–water partition coefficient (Wildman–Crippen LogP) is 4.89. The molecule has 1 heterocycles. The van der Waals surface area contributed by atoms with Crippen LogP contribution in [0.25, 0.3) is 0 Å². The fourth-order valence-electron chi connectivity index (χ4n) is 4.15. The third-order valence-electron chi connectivity index (χ3n) is 6.30. The van der Waals surface area contributed by atoms with E-state index in [0.29, 0.717) is 29.6 Å². The summed E-state index contributed by atoms with van der Waals surface area (Å²) in [5, 5.41) is 9.97. The Morgan fingerprint density at radius 2 is 1.86 bits per heavy atom. The number of thiophene rings is 1. The average molecular weight is 505 g/mol. The maximum Gasteiger partial charge on any atom is 0.348 e. The molecule has 0 unspecified atom stereocenters. The van der Waals surface area contributed by atoms with Gasteiger partial charge in [-0.1, -0.05) is 18.8 Å². The fraction of sp³-hybridized carbons (Fsp3) is 0.667. The van der Waals surface area contributed by atoms with Crippen LogP contribution in [-0.4, -0.2) is 61.1 Å². The first-order valence-corrected chi connectivity index (χ1v) is 13.1. The molecular formula is C27H40N2O5S. The highest BCUT2D eigenvalue weighted by Gasteiger charge is 2.35. The van der Waals surface area contributed by atoms with Gasteiger partial charge in [-0.15, -0.1) is 11.3 Å². The number of carboxylic acid groups (broad SMARTS) is 1. The summed E-state index contributed by atoms with van der Waals surface area (Å²) in [5.41, 5.74) is 0.0955. The van der Waals surface area contributed by atoms with Crippen molar-refractivity contribution in [2.45, 2.75) is 72.8 Å². The summed E-state index contributed by atoms with van der Waals surface area (Å²) in [6.45, 7) is 10.8. The summed E-state index contributed by atoms with van der Waals surface area (Å²) in [5.74, 6) is 5.30. The maximum atomic E-state index is 13.8. The van der Waals surface area contributed by atoms with Crippen LogP contribution >= 0.6 is 11.3 Å². The number of methoxy groups -OCH3 is 1. The van der Waals surface area contributed by atoms with E-state index in [2.05, 4.69) is 18.8 Å². The first-order valence-electron chi connectivity index (χ1n) is 12.3. The molecule has 8 heteroatoms. The number of hydrogen-bond acceptors (Lipinski definition) is 5. The van der Waals surface area contributed by atoms with Gasteiger partial charge >= 0.3 is 5.97 Å². The van der Waals surface area contributed by atoms with Gasteiger partial charge in [0.25, 0.3) is 0 Å². The molecule has 194 valence electrons. The van der Waals surface area contributed by atoms with Gasteiger partial charge in [0, 0.05) is 44.5 Å². The smallest absolute Gasteiger partial charge is 0.348 e. The molecular weight excluding hydrogens is 464 g/mol. The lowest BCUT2D eigenvalue weighted by atomic mass is 9.82. The van der Waals surface area contributed by atoms with Crippen LogP contribution in [0.5, 0.6) is 0 Å². The Kier molecular flexibility index (Phi) is 10.3. The molecule has 2 rings (SSSR count). The molecule has 1 saturated carbocycles. The Morgan fingerprint density at radius 1 is 1.23 bits per heavy atom. The molecule has 0 aliphatic heterocycles. The van der Waals surface area contributed by atoms with Crippen LogP contribution < -0.4 is 4.90 Å². The summed E-state index contributed by atoms with van der Waals surface area (Å²) < 4.78 is 5.07. The van der Waals surface area contributed by atoms with Crippen LogP contribution in [-0.2, 0) is 14.3 Å². The average Bonchev–Trinajstić information content (AvgIpc) is 3.20. The molecule has 1 aliphatic rings. The zero-order valence-corrected chi connectivity index (χ0v) is 23.0. The minimum absolute atomic E-state index is 0.0766. The molecule has 1 N–H and O–H groups in total. The Labute approximate surface area is 213 Å². The van der Waals surface area contributed by atoms with Crippen molar-refractivity contribution in [1.29, 1.82) is 0 Å². The zero-order valence-electron chi connectivity index (χ0n) is 22.1. The third-order valence-corrected chi connectivity index (χ3v) is 7.32. The zero-order chi connectivity index (χ0) is 26.3. The van der Waals surface area contributed by atoms with Gasteiger partial charge in [0.2, 0.25) is 11.8 Å². The molecule has 1 atom stereocenters. The van der Waals surface area contributed by atoms with E-state index in [1.54, 1.807) is 30.0 Å². The summed E-state index contributed by atoms with van der Waals surface area (Å²) in [6.07, 6.45) is 3.57. The van der Waals surface area contributed by atoms with Gasteiger partial charge in [-0.3, -0.25) is 9.59 Å². The first kappa shape index (κ1) is 28.9. The van der Waals surface area contributed by atoms with Crippen molar-refractivity contribution < 1.29 is 24.2 Å². The van der Waals surface area contributed by atoms with E-state index in [-0.39, 0.29) is 34.4 Å². The molecule has 0 aromatic carbocycles. The van der Waals surface area contributed by atoms with Gasteiger partial charge in [-0.2, -0.15) is 0 Å². The molecule has 0 bridgehead atoms. The van der Waals surface area contributed by atoms with Gasteiger partial charge < -0.3 is 19.6 Å². The molecule has 0 saturated heterocycles. The van der Waals surface area contributed by atoms with Crippen LogP contribution in [0.4, 0.5) is 5.69 Å². The Morgan fingerprint density at radius 3 is 2.40 bits per heavy atom. The molecule has 35 heavy (non-hydrogen) atoms. The number of carbonyl (C=O) groups excluding carboxylic acids is 2. The normalized spacial score (nSPS) is 18.8. The number of likely N-dealkylation sites (N-methyl/N-ethyl adjacent to an activating group) is 1. The number of carboxylic acids is 1. The largest absolute Gasteiger partial charge is 0.477 e. The number of carbonyl (C=O) groups is 3. The number of amides is 2. The molecule has 0 radical (unpaired) electrons. The number of nitrogens with zero attached hydrogens (tertiary/aromatic N) is 2. The highest BCUT2D eigenvalue weighted by Crippen LogP contribution is 2.36. The van der Waals surface area contributed by atoms with Crippen molar-refractivity contribution in [3.05, 3.63) is 15.8 Å². The monoisotopic (exact) mass is 504 g/mol.